The Balaban J connectivity index is 1.89. The predicted octanol–water partition coefficient (Wildman–Crippen LogP) is 2.52. The summed E-state index contributed by atoms with van der Waals surface area (Å²) in [5, 5.41) is 6.83. The number of thiocarbonyl (C=S) groups is 1. The van der Waals surface area contributed by atoms with Crippen LogP contribution in [0.5, 0.6) is 0 Å². The Kier molecular flexibility index (Phi) is 6.97. The largest absolute Gasteiger partial charge is 0.356 e. The lowest BCUT2D eigenvalue weighted by atomic mass is 10.1. The minimum atomic E-state index is -0.444. The summed E-state index contributed by atoms with van der Waals surface area (Å²) in [6.45, 7) is 0.734. The Hall–Kier alpha value is -1.69. The van der Waals surface area contributed by atoms with E-state index in [-0.39, 0.29) is 5.02 Å². The van der Waals surface area contributed by atoms with E-state index in [2.05, 4.69) is 49.0 Å². The molecule has 128 valence electrons. The zero-order valence-corrected chi connectivity index (χ0v) is 15.3. The van der Waals surface area contributed by atoms with Gasteiger partial charge in [0.2, 0.25) is 0 Å². The van der Waals surface area contributed by atoms with E-state index in [1.54, 1.807) is 6.07 Å². The molecule has 0 radical (unpaired) electrons. The molecule has 2 aromatic carbocycles. The standard InChI is InChI=1S/C18H21ClFN3S/c1-23(2)15(10-13-6-4-3-5-7-13)12-21-18(24)22-14-8-9-17(20)16(19)11-14/h3-9,11,15H,10,12H2,1-2H3,(H2,21,22,24)/p+1/t15-/m1/s1. The van der Waals surface area contributed by atoms with Gasteiger partial charge in [0.05, 0.1) is 25.7 Å². The highest BCUT2D eigenvalue weighted by molar-refractivity contribution is 7.80. The number of benzene rings is 2. The normalized spacial score (nSPS) is 12.0. The van der Waals surface area contributed by atoms with Crippen LogP contribution in [-0.2, 0) is 6.42 Å². The quantitative estimate of drug-likeness (QED) is 0.686. The fraction of sp³-hybridized carbons (Fsp3) is 0.278. The molecule has 3 N–H and O–H groups in total. The minimum absolute atomic E-state index is 0.0718. The SMILES string of the molecule is C[NH+](C)[C@@H](CNC(=S)Nc1ccc(F)c(Cl)c1)Cc1ccccc1. The van der Waals surface area contributed by atoms with Gasteiger partial charge >= 0.3 is 0 Å². The van der Waals surface area contributed by atoms with E-state index in [4.69, 9.17) is 23.8 Å². The third-order valence-electron chi connectivity index (χ3n) is 3.83. The molecule has 1 atom stereocenters. The molecule has 3 nitrogen and oxygen atoms in total. The zero-order valence-electron chi connectivity index (χ0n) is 13.8. The highest BCUT2D eigenvalue weighted by Gasteiger charge is 2.16. The van der Waals surface area contributed by atoms with Gasteiger partial charge in [-0.25, -0.2) is 4.39 Å². The highest BCUT2D eigenvalue weighted by Crippen LogP contribution is 2.19. The Bertz CT molecular complexity index is 679. The van der Waals surface area contributed by atoms with Crippen LogP contribution in [0.4, 0.5) is 10.1 Å². The van der Waals surface area contributed by atoms with E-state index in [0.29, 0.717) is 16.8 Å². The van der Waals surface area contributed by atoms with Crippen LogP contribution in [-0.4, -0.2) is 31.8 Å². The van der Waals surface area contributed by atoms with Crippen LogP contribution < -0.4 is 15.5 Å². The van der Waals surface area contributed by atoms with Crippen LogP contribution in [0.25, 0.3) is 0 Å². The first-order valence-corrected chi connectivity index (χ1v) is 8.58. The molecule has 0 aromatic heterocycles. The van der Waals surface area contributed by atoms with Crippen molar-refractivity contribution in [2.45, 2.75) is 12.5 Å². The maximum Gasteiger partial charge on any atom is 0.170 e. The summed E-state index contributed by atoms with van der Waals surface area (Å²) in [5.74, 6) is -0.444. The monoisotopic (exact) mass is 366 g/mol. The lowest BCUT2D eigenvalue weighted by Gasteiger charge is -2.23. The number of anilines is 1. The van der Waals surface area contributed by atoms with Crippen molar-refractivity contribution in [2.24, 2.45) is 0 Å². The predicted molar refractivity (Wildman–Crippen MR) is 102 cm³/mol. The van der Waals surface area contributed by atoms with E-state index in [1.165, 1.54) is 22.6 Å². The van der Waals surface area contributed by atoms with Crippen molar-refractivity contribution in [3.8, 4) is 0 Å². The second-order valence-electron chi connectivity index (χ2n) is 5.93. The second kappa shape index (κ2) is 8.97. The van der Waals surface area contributed by atoms with Gasteiger partial charge in [-0.05, 0) is 36.0 Å². The summed E-state index contributed by atoms with van der Waals surface area (Å²) in [4.78, 5) is 1.35. The van der Waals surface area contributed by atoms with Crippen LogP contribution in [0.3, 0.4) is 0 Å². The molecule has 0 fully saturated rings. The number of quaternary nitrogens is 1. The molecular formula is C18H22ClFN3S+. The molecule has 24 heavy (non-hydrogen) atoms. The third-order valence-corrected chi connectivity index (χ3v) is 4.36. The van der Waals surface area contributed by atoms with E-state index in [9.17, 15) is 4.39 Å². The first-order chi connectivity index (χ1) is 11.5. The Morgan fingerprint density at radius 2 is 1.92 bits per heavy atom. The Labute approximate surface area is 152 Å². The summed E-state index contributed by atoms with van der Waals surface area (Å²) < 4.78 is 13.2. The molecule has 0 unspecified atom stereocenters. The van der Waals surface area contributed by atoms with E-state index >= 15 is 0 Å². The smallest absolute Gasteiger partial charge is 0.170 e. The molecular weight excluding hydrogens is 345 g/mol. The van der Waals surface area contributed by atoms with Gasteiger partial charge in [-0.2, -0.15) is 0 Å². The van der Waals surface area contributed by atoms with Gasteiger partial charge in [-0.3, -0.25) is 0 Å². The first-order valence-electron chi connectivity index (χ1n) is 7.79. The Morgan fingerprint density at radius 1 is 1.21 bits per heavy atom. The molecule has 0 amide bonds. The van der Waals surface area contributed by atoms with Gasteiger partial charge in [0.1, 0.15) is 11.9 Å². The maximum atomic E-state index is 13.2. The zero-order chi connectivity index (χ0) is 17.5. The lowest BCUT2D eigenvalue weighted by molar-refractivity contribution is -0.884. The van der Waals surface area contributed by atoms with Crippen LogP contribution in [0.15, 0.2) is 48.5 Å². The molecule has 0 saturated carbocycles. The van der Waals surface area contributed by atoms with Gasteiger partial charge in [0.25, 0.3) is 0 Å². The van der Waals surface area contributed by atoms with Crippen LogP contribution in [0.2, 0.25) is 5.02 Å². The van der Waals surface area contributed by atoms with Gasteiger partial charge in [0.15, 0.2) is 5.11 Å². The topological polar surface area (TPSA) is 28.5 Å². The second-order valence-corrected chi connectivity index (χ2v) is 6.74. The average molecular weight is 367 g/mol. The van der Waals surface area contributed by atoms with Crippen molar-refractivity contribution >= 4 is 34.6 Å². The van der Waals surface area contributed by atoms with Crippen molar-refractivity contribution in [2.75, 3.05) is 26.0 Å². The number of hydrogen-bond donors (Lipinski definition) is 3. The fourth-order valence-corrected chi connectivity index (χ4v) is 2.73. The molecule has 0 spiro atoms. The molecule has 0 aliphatic heterocycles. The molecule has 2 aromatic rings. The average Bonchev–Trinajstić information content (AvgIpc) is 2.55. The van der Waals surface area contributed by atoms with Crippen molar-refractivity contribution in [3.05, 3.63) is 64.9 Å². The van der Waals surface area contributed by atoms with Gasteiger partial charge in [-0.1, -0.05) is 41.9 Å². The van der Waals surface area contributed by atoms with Crippen molar-refractivity contribution in [1.82, 2.24) is 5.32 Å². The minimum Gasteiger partial charge on any atom is -0.356 e. The number of halogens is 2. The van der Waals surface area contributed by atoms with Crippen molar-refractivity contribution < 1.29 is 9.29 Å². The number of hydrogen-bond acceptors (Lipinski definition) is 1. The Morgan fingerprint density at radius 3 is 2.54 bits per heavy atom. The molecule has 0 bridgehead atoms. The summed E-state index contributed by atoms with van der Waals surface area (Å²) in [6, 6.07) is 15.2. The van der Waals surface area contributed by atoms with Gasteiger partial charge in [0, 0.05) is 12.1 Å². The molecule has 0 aliphatic carbocycles. The van der Waals surface area contributed by atoms with E-state index < -0.39 is 5.82 Å². The van der Waals surface area contributed by atoms with Crippen LogP contribution >= 0.6 is 23.8 Å². The molecule has 0 heterocycles. The van der Waals surface area contributed by atoms with Crippen LogP contribution in [0.1, 0.15) is 5.56 Å². The molecule has 6 heteroatoms. The molecule has 2 rings (SSSR count). The molecule has 0 saturated heterocycles. The van der Waals surface area contributed by atoms with Crippen LogP contribution in [0, 0.1) is 5.82 Å². The fourth-order valence-electron chi connectivity index (χ4n) is 2.34. The lowest BCUT2D eigenvalue weighted by Crippen LogP contribution is -3.11. The van der Waals surface area contributed by atoms with E-state index in [0.717, 1.165) is 13.0 Å². The van der Waals surface area contributed by atoms with Gasteiger partial charge in [-0.15, -0.1) is 0 Å². The first kappa shape index (κ1) is 18.6. The summed E-state index contributed by atoms with van der Waals surface area (Å²) in [7, 11) is 4.26. The summed E-state index contributed by atoms with van der Waals surface area (Å²) in [6.07, 6.45) is 0.959. The summed E-state index contributed by atoms with van der Waals surface area (Å²) in [5.41, 5.74) is 1.96. The number of nitrogens with one attached hydrogen (secondary N) is 3. The van der Waals surface area contributed by atoms with Crippen molar-refractivity contribution in [3.63, 3.8) is 0 Å². The van der Waals surface area contributed by atoms with Crippen molar-refractivity contribution in [1.29, 1.82) is 0 Å². The summed E-state index contributed by atoms with van der Waals surface area (Å²) >= 11 is 11.1. The van der Waals surface area contributed by atoms with E-state index in [1.807, 2.05) is 6.07 Å². The third kappa shape index (κ3) is 5.74. The molecule has 0 aliphatic rings. The number of rotatable bonds is 6. The van der Waals surface area contributed by atoms with Gasteiger partial charge < -0.3 is 15.5 Å². The maximum absolute atomic E-state index is 13.2. The highest BCUT2D eigenvalue weighted by atomic mass is 35.5. The number of likely N-dealkylation sites (N-methyl/N-ethyl adjacent to an activating group) is 1.